The van der Waals surface area contributed by atoms with Gasteiger partial charge in [-0.1, -0.05) is 25.1 Å². The Morgan fingerprint density at radius 2 is 2.04 bits per heavy atom. The maximum atomic E-state index is 12.8. The first-order valence-electron chi connectivity index (χ1n) is 8.37. The van der Waals surface area contributed by atoms with Gasteiger partial charge in [-0.25, -0.2) is 0 Å². The maximum absolute atomic E-state index is 12.8. The standard InChI is InChI=1S/C19H23N3O/c1-2-17-10-6-7-13-22(17)19(23)18-14-16(11-12-20-18)21-15-8-4-3-5-9-15/h3-5,8-9,11-12,14,17H,2,6-7,10,13H2,1H3,(H,20,21). The number of anilines is 2. The Kier molecular flexibility index (Phi) is 4.91. The van der Waals surface area contributed by atoms with Crippen molar-refractivity contribution in [3.05, 3.63) is 54.4 Å². The number of amides is 1. The van der Waals surface area contributed by atoms with Crippen LogP contribution in [-0.2, 0) is 0 Å². The highest BCUT2D eigenvalue weighted by Gasteiger charge is 2.26. The molecule has 1 aliphatic heterocycles. The minimum atomic E-state index is 0.0493. The first-order valence-corrected chi connectivity index (χ1v) is 8.37. The van der Waals surface area contributed by atoms with Crippen molar-refractivity contribution >= 4 is 17.3 Å². The van der Waals surface area contributed by atoms with Crippen LogP contribution in [0, 0.1) is 0 Å². The van der Waals surface area contributed by atoms with Crippen molar-refractivity contribution < 1.29 is 4.79 Å². The summed E-state index contributed by atoms with van der Waals surface area (Å²) in [5.74, 6) is 0.0493. The zero-order chi connectivity index (χ0) is 16.1. The normalized spacial score (nSPS) is 17.8. The lowest BCUT2D eigenvalue weighted by Gasteiger charge is -2.35. The highest BCUT2D eigenvalue weighted by Crippen LogP contribution is 2.23. The van der Waals surface area contributed by atoms with Crippen LogP contribution in [0.25, 0.3) is 0 Å². The molecule has 0 bridgehead atoms. The monoisotopic (exact) mass is 309 g/mol. The lowest BCUT2D eigenvalue weighted by molar-refractivity contribution is 0.0602. The highest BCUT2D eigenvalue weighted by molar-refractivity contribution is 5.93. The quantitative estimate of drug-likeness (QED) is 0.919. The summed E-state index contributed by atoms with van der Waals surface area (Å²) in [4.78, 5) is 19.1. The van der Waals surface area contributed by atoms with E-state index in [-0.39, 0.29) is 5.91 Å². The molecular weight excluding hydrogens is 286 g/mol. The predicted octanol–water partition coefficient (Wildman–Crippen LogP) is 4.23. The van der Waals surface area contributed by atoms with Gasteiger partial charge in [0.1, 0.15) is 5.69 Å². The lowest BCUT2D eigenvalue weighted by Crippen LogP contribution is -2.43. The number of nitrogens with zero attached hydrogens (tertiary/aromatic N) is 2. The van der Waals surface area contributed by atoms with Gasteiger partial charge in [0.15, 0.2) is 0 Å². The molecule has 1 aromatic heterocycles. The van der Waals surface area contributed by atoms with Gasteiger partial charge in [0, 0.05) is 30.2 Å². The number of likely N-dealkylation sites (tertiary alicyclic amines) is 1. The number of para-hydroxylation sites is 1. The molecule has 1 aliphatic rings. The molecule has 0 radical (unpaired) electrons. The van der Waals surface area contributed by atoms with Gasteiger partial charge in [-0.15, -0.1) is 0 Å². The number of pyridine rings is 1. The van der Waals surface area contributed by atoms with Gasteiger partial charge in [-0.2, -0.15) is 0 Å². The Balaban J connectivity index is 1.77. The minimum Gasteiger partial charge on any atom is -0.355 e. The number of carbonyl (C=O) groups excluding carboxylic acids is 1. The predicted molar refractivity (Wildman–Crippen MR) is 92.9 cm³/mol. The average molecular weight is 309 g/mol. The summed E-state index contributed by atoms with van der Waals surface area (Å²) in [7, 11) is 0. The molecule has 0 aliphatic carbocycles. The van der Waals surface area contributed by atoms with Crippen LogP contribution in [0.5, 0.6) is 0 Å². The molecule has 0 spiro atoms. The molecule has 23 heavy (non-hydrogen) atoms. The third kappa shape index (κ3) is 3.70. The van der Waals surface area contributed by atoms with Crippen LogP contribution in [-0.4, -0.2) is 28.4 Å². The Labute approximate surface area is 137 Å². The number of carbonyl (C=O) groups is 1. The Morgan fingerprint density at radius 1 is 1.22 bits per heavy atom. The fourth-order valence-electron chi connectivity index (χ4n) is 3.15. The summed E-state index contributed by atoms with van der Waals surface area (Å²) in [5, 5.41) is 3.32. The first-order chi connectivity index (χ1) is 11.3. The van der Waals surface area contributed by atoms with Crippen LogP contribution in [0.1, 0.15) is 43.1 Å². The first kappa shape index (κ1) is 15.5. The summed E-state index contributed by atoms with van der Waals surface area (Å²) in [5.41, 5.74) is 2.41. The second-order valence-corrected chi connectivity index (χ2v) is 5.98. The van der Waals surface area contributed by atoms with E-state index in [0.717, 1.165) is 37.2 Å². The highest BCUT2D eigenvalue weighted by atomic mass is 16.2. The number of piperidine rings is 1. The zero-order valence-electron chi connectivity index (χ0n) is 13.5. The van der Waals surface area contributed by atoms with Crippen molar-refractivity contribution in [3.8, 4) is 0 Å². The van der Waals surface area contributed by atoms with Crippen LogP contribution < -0.4 is 5.32 Å². The van der Waals surface area contributed by atoms with E-state index in [1.165, 1.54) is 6.42 Å². The van der Waals surface area contributed by atoms with Crippen LogP contribution in [0.15, 0.2) is 48.7 Å². The minimum absolute atomic E-state index is 0.0493. The number of hydrogen-bond donors (Lipinski definition) is 1. The number of benzene rings is 1. The van der Waals surface area contributed by atoms with E-state index in [1.807, 2.05) is 47.4 Å². The molecule has 3 rings (SSSR count). The fraction of sp³-hybridized carbons (Fsp3) is 0.368. The lowest BCUT2D eigenvalue weighted by atomic mass is 9.99. The number of rotatable bonds is 4. The molecule has 1 atom stereocenters. The van der Waals surface area contributed by atoms with Crippen LogP contribution in [0.2, 0.25) is 0 Å². The Morgan fingerprint density at radius 3 is 2.83 bits per heavy atom. The van der Waals surface area contributed by atoms with Gasteiger partial charge in [0.2, 0.25) is 0 Å². The van der Waals surface area contributed by atoms with Gasteiger partial charge >= 0.3 is 0 Å². The molecule has 2 aromatic rings. The Hall–Kier alpha value is -2.36. The number of hydrogen-bond acceptors (Lipinski definition) is 3. The molecule has 1 aromatic carbocycles. The van der Waals surface area contributed by atoms with E-state index in [0.29, 0.717) is 11.7 Å². The van der Waals surface area contributed by atoms with Crippen molar-refractivity contribution in [2.24, 2.45) is 0 Å². The number of nitrogens with one attached hydrogen (secondary N) is 1. The van der Waals surface area contributed by atoms with Crippen molar-refractivity contribution in [2.45, 2.75) is 38.6 Å². The summed E-state index contributed by atoms with van der Waals surface area (Å²) in [6.07, 6.45) is 6.11. The molecule has 2 heterocycles. The van der Waals surface area contributed by atoms with E-state index < -0.39 is 0 Å². The second-order valence-electron chi connectivity index (χ2n) is 5.98. The van der Waals surface area contributed by atoms with Gasteiger partial charge < -0.3 is 10.2 Å². The van der Waals surface area contributed by atoms with Gasteiger partial charge in [-0.05, 0) is 49.9 Å². The van der Waals surface area contributed by atoms with Crippen LogP contribution >= 0.6 is 0 Å². The second kappa shape index (κ2) is 7.27. The van der Waals surface area contributed by atoms with Crippen molar-refractivity contribution in [1.82, 2.24) is 9.88 Å². The average Bonchev–Trinajstić information content (AvgIpc) is 2.62. The molecule has 0 saturated carbocycles. The Bertz CT molecular complexity index is 657. The molecule has 4 nitrogen and oxygen atoms in total. The van der Waals surface area contributed by atoms with E-state index in [9.17, 15) is 4.79 Å². The molecular formula is C19H23N3O. The largest absolute Gasteiger partial charge is 0.355 e. The molecule has 1 unspecified atom stereocenters. The fourth-order valence-corrected chi connectivity index (χ4v) is 3.15. The van der Waals surface area contributed by atoms with Crippen molar-refractivity contribution in [2.75, 3.05) is 11.9 Å². The van der Waals surface area contributed by atoms with E-state index in [1.54, 1.807) is 6.20 Å². The molecule has 1 saturated heterocycles. The summed E-state index contributed by atoms with van der Waals surface area (Å²) < 4.78 is 0. The molecule has 1 fully saturated rings. The van der Waals surface area contributed by atoms with Gasteiger partial charge in [0.25, 0.3) is 5.91 Å². The van der Waals surface area contributed by atoms with Crippen LogP contribution in [0.3, 0.4) is 0 Å². The van der Waals surface area contributed by atoms with Gasteiger partial charge in [-0.3, -0.25) is 9.78 Å². The van der Waals surface area contributed by atoms with Crippen molar-refractivity contribution in [3.63, 3.8) is 0 Å². The topological polar surface area (TPSA) is 45.2 Å². The van der Waals surface area contributed by atoms with E-state index >= 15 is 0 Å². The molecule has 120 valence electrons. The zero-order valence-corrected chi connectivity index (χ0v) is 13.5. The van der Waals surface area contributed by atoms with Crippen LogP contribution in [0.4, 0.5) is 11.4 Å². The number of aromatic nitrogens is 1. The van der Waals surface area contributed by atoms with E-state index in [4.69, 9.17) is 0 Å². The summed E-state index contributed by atoms with van der Waals surface area (Å²) >= 11 is 0. The van der Waals surface area contributed by atoms with Gasteiger partial charge in [0.05, 0.1) is 0 Å². The summed E-state index contributed by atoms with van der Waals surface area (Å²) in [6.45, 7) is 2.99. The molecule has 4 heteroatoms. The smallest absolute Gasteiger partial charge is 0.272 e. The molecule has 1 amide bonds. The third-order valence-electron chi connectivity index (χ3n) is 4.40. The molecule has 1 N–H and O–H groups in total. The maximum Gasteiger partial charge on any atom is 0.272 e. The van der Waals surface area contributed by atoms with E-state index in [2.05, 4.69) is 17.2 Å². The SMILES string of the molecule is CCC1CCCCN1C(=O)c1cc(Nc2ccccc2)ccn1. The van der Waals surface area contributed by atoms with Crippen molar-refractivity contribution in [1.29, 1.82) is 0 Å². The third-order valence-corrected chi connectivity index (χ3v) is 4.40. The summed E-state index contributed by atoms with van der Waals surface area (Å²) in [6, 6.07) is 14.0.